The zero-order valence-electron chi connectivity index (χ0n) is 23.5. The van der Waals surface area contributed by atoms with Crippen molar-refractivity contribution in [1.29, 1.82) is 0 Å². The average Bonchev–Trinajstić information content (AvgIpc) is 3.60. The van der Waals surface area contributed by atoms with Crippen molar-refractivity contribution in [1.82, 2.24) is 19.3 Å². The molecule has 0 atom stereocenters. The second kappa shape index (κ2) is 11.4. The number of ether oxygens (including phenoxy) is 1. The first kappa shape index (κ1) is 27.7. The molecule has 0 N–H and O–H groups in total. The van der Waals surface area contributed by atoms with Crippen molar-refractivity contribution in [2.75, 3.05) is 0 Å². The molecule has 3 heterocycles. The standard InChI is InChI=1S/C36H28N4O.Pt/c1-4-26-10-7-9-25(3)36(26)27-22-38-39(23-27)28-11-8-12-29(20-28)41-30-15-16-32-31-13-5-6-14-33(31)40(34(32)21-30)35-19-24(2)17-18-37-35;/h5-19,22-23H,4H2,1-3H3;/q-2;+2. The summed E-state index contributed by atoms with van der Waals surface area (Å²) in [5.74, 6) is 2.06. The van der Waals surface area contributed by atoms with E-state index in [0.29, 0.717) is 11.5 Å². The normalized spacial score (nSPS) is 11.1. The molecule has 0 radical (unpaired) electrons. The molecule has 0 aliphatic heterocycles. The molecule has 0 spiro atoms. The van der Waals surface area contributed by atoms with Crippen molar-refractivity contribution in [2.24, 2.45) is 0 Å². The molecule has 5 nitrogen and oxygen atoms in total. The summed E-state index contributed by atoms with van der Waals surface area (Å²) in [6.45, 7) is 6.41. The van der Waals surface area contributed by atoms with Gasteiger partial charge in [-0.1, -0.05) is 48.8 Å². The number of benzene rings is 4. The molecule has 0 amide bonds. The van der Waals surface area contributed by atoms with Crippen molar-refractivity contribution in [3.05, 3.63) is 132 Å². The van der Waals surface area contributed by atoms with Gasteiger partial charge in [0, 0.05) is 35.0 Å². The van der Waals surface area contributed by atoms with E-state index in [1.54, 1.807) is 0 Å². The van der Waals surface area contributed by atoms with Gasteiger partial charge in [-0.15, -0.1) is 35.7 Å². The molecule has 4 aromatic carbocycles. The van der Waals surface area contributed by atoms with Crippen LogP contribution in [-0.4, -0.2) is 19.3 Å². The largest absolute Gasteiger partial charge is 2.00 e. The van der Waals surface area contributed by atoms with E-state index in [-0.39, 0.29) is 21.1 Å². The Morgan fingerprint density at radius 3 is 2.52 bits per heavy atom. The molecular formula is C36H28N4OPt. The number of nitrogens with zero attached hydrogens (tertiary/aromatic N) is 4. The summed E-state index contributed by atoms with van der Waals surface area (Å²) in [7, 11) is 0. The third-order valence-corrected chi connectivity index (χ3v) is 7.52. The Morgan fingerprint density at radius 1 is 0.833 bits per heavy atom. The molecule has 0 bridgehead atoms. The summed E-state index contributed by atoms with van der Waals surface area (Å²) in [6.07, 6.45) is 6.79. The van der Waals surface area contributed by atoms with Gasteiger partial charge in [0.25, 0.3) is 0 Å². The summed E-state index contributed by atoms with van der Waals surface area (Å²) < 4.78 is 10.3. The van der Waals surface area contributed by atoms with Crippen molar-refractivity contribution in [2.45, 2.75) is 27.2 Å². The van der Waals surface area contributed by atoms with Crippen LogP contribution in [-0.2, 0) is 27.5 Å². The first-order valence-corrected chi connectivity index (χ1v) is 13.8. The van der Waals surface area contributed by atoms with Gasteiger partial charge in [0.1, 0.15) is 5.82 Å². The number of aromatic nitrogens is 4. The van der Waals surface area contributed by atoms with Crippen LogP contribution in [0.1, 0.15) is 23.6 Å². The fraction of sp³-hybridized carbons (Fsp3) is 0.111. The van der Waals surface area contributed by atoms with Gasteiger partial charge in [-0.3, -0.25) is 4.68 Å². The maximum Gasteiger partial charge on any atom is 2.00 e. The molecule has 42 heavy (non-hydrogen) atoms. The van der Waals surface area contributed by atoms with Gasteiger partial charge in [0.05, 0.1) is 6.20 Å². The molecule has 3 aromatic heterocycles. The Morgan fingerprint density at radius 2 is 1.67 bits per heavy atom. The molecule has 0 saturated carbocycles. The van der Waals surface area contributed by atoms with Crippen molar-refractivity contribution < 1.29 is 25.8 Å². The molecule has 208 valence electrons. The van der Waals surface area contributed by atoms with E-state index in [9.17, 15) is 0 Å². The van der Waals surface area contributed by atoms with Gasteiger partial charge in [0.15, 0.2) is 0 Å². The van der Waals surface area contributed by atoms with Gasteiger partial charge < -0.3 is 9.30 Å². The molecule has 0 unspecified atom stereocenters. The molecule has 0 fully saturated rings. The minimum atomic E-state index is 0. The minimum absolute atomic E-state index is 0. The number of hydrogen-bond donors (Lipinski definition) is 0. The predicted molar refractivity (Wildman–Crippen MR) is 164 cm³/mol. The molecule has 7 rings (SSSR count). The average molecular weight is 728 g/mol. The fourth-order valence-corrected chi connectivity index (χ4v) is 5.58. The van der Waals surface area contributed by atoms with Crippen LogP contribution >= 0.6 is 0 Å². The minimum Gasteiger partial charge on any atom is -0.509 e. The molecule has 0 aliphatic carbocycles. The topological polar surface area (TPSA) is 44.9 Å². The maximum atomic E-state index is 6.32. The molecule has 6 heteroatoms. The smallest absolute Gasteiger partial charge is 0.509 e. The number of hydrogen-bond acceptors (Lipinski definition) is 3. The van der Waals surface area contributed by atoms with E-state index in [4.69, 9.17) is 4.74 Å². The van der Waals surface area contributed by atoms with Gasteiger partial charge in [0.2, 0.25) is 0 Å². The molecular weight excluding hydrogens is 700 g/mol. The van der Waals surface area contributed by atoms with E-state index < -0.39 is 0 Å². The van der Waals surface area contributed by atoms with E-state index >= 15 is 0 Å². The van der Waals surface area contributed by atoms with Crippen LogP contribution < -0.4 is 4.74 Å². The van der Waals surface area contributed by atoms with Crippen LogP contribution in [0.5, 0.6) is 11.5 Å². The van der Waals surface area contributed by atoms with Gasteiger partial charge in [-0.2, -0.15) is 17.2 Å². The molecule has 7 aromatic rings. The molecule has 0 aliphatic rings. The number of aryl methyl sites for hydroxylation is 3. The Kier molecular flexibility index (Phi) is 7.53. The Balaban J connectivity index is 0.00000316. The molecule has 0 saturated heterocycles. The van der Waals surface area contributed by atoms with Crippen LogP contribution in [0.25, 0.3) is 44.4 Å². The number of rotatable bonds is 6. The Labute approximate surface area is 259 Å². The number of fused-ring (bicyclic) bond motifs is 3. The van der Waals surface area contributed by atoms with Gasteiger partial charge in [-0.05, 0) is 71.8 Å². The summed E-state index contributed by atoms with van der Waals surface area (Å²) >= 11 is 0. The van der Waals surface area contributed by atoms with E-state index in [1.807, 2.05) is 53.5 Å². The van der Waals surface area contributed by atoms with Crippen molar-refractivity contribution in [3.8, 4) is 34.1 Å². The monoisotopic (exact) mass is 727 g/mol. The Hall–Kier alpha value is -4.47. The van der Waals surface area contributed by atoms with E-state index in [1.165, 1.54) is 16.7 Å². The first-order chi connectivity index (χ1) is 20.1. The van der Waals surface area contributed by atoms with Crippen LogP contribution in [0.3, 0.4) is 0 Å². The van der Waals surface area contributed by atoms with Crippen LogP contribution in [0, 0.1) is 26.0 Å². The van der Waals surface area contributed by atoms with E-state index in [0.717, 1.165) is 50.9 Å². The Bertz CT molecular complexity index is 2060. The fourth-order valence-electron chi connectivity index (χ4n) is 5.58. The third kappa shape index (κ3) is 4.95. The zero-order chi connectivity index (χ0) is 27.9. The van der Waals surface area contributed by atoms with Crippen LogP contribution in [0.4, 0.5) is 0 Å². The van der Waals surface area contributed by atoms with Gasteiger partial charge in [-0.25, -0.2) is 4.98 Å². The van der Waals surface area contributed by atoms with Crippen molar-refractivity contribution >= 4 is 21.8 Å². The predicted octanol–water partition coefficient (Wildman–Crippen LogP) is 8.60. The quantitative estimate of drug-likeness (QED) is 0.161. The summed E-state index contributed by atoms with van der Waals surface area (Å²) in [5, 5.41) is 6.90. The zero-order valence-corrected chi connectivity index (χ0v) is 25.8. The van der Waals surface area contributed by atoms with Crippen LogP contribution in [0.2, 0.25) is 0 Å². The van der Waals surface area contributed by atoms with E-state index in [2.05, 4.69) is 102 Å². The number of pyridine rings is 1. The third-order valence-electron chi connectivity index (χ3n) is 7.52. The summed E-state index contributed by atoms with van der Waals surface area (Å²) in [4.78, 5) is 4.67. The maximum absolute atomic E-state index is 6.32. The van der Waals surface area contributed by atoms with Crippen LogP contribution in [0.15, 0.2) is 104 Å². The van der Waals surface area contributed by atoms with Gasteiger partial charge >= 0.3 is 21.1 Å². The first-order valence-electron chi connectivity index (χ1n) is 13.8. The summed E-state index contributed by atoms with van der Waals surface area (Å²) in [6, 6.07) is 35.7. The SMILES string of the molecule is CCc1cccc(C)c1-c1cnn(-c2[c-]c(Oc3[c-]c4c(cc3)c3ccccc3n4-c3cc(C)ccn3)ccc2)c1.[Pt+2]. The van der Waals surface area contributed by atoms with Crippen molar-refractivity contribution in [3.63, 3.8) is 0 Å². The second-order valence-corrected chi connectivity index (χ2v) is 10.3. The summed E-state index contributed by atoms with van der Waals surface area (Å²) in [5.41, 5.74) is 8.85. The second-order valence-electron chi connectivity index (χ2n) is 10.3. The number of para-hydroxylation sites is 1.